The minimum Gasteiger partial charge on any atom is -0.493 e. The summed E-state index contributed by atoms with van der Waals surface area (Å²) in [7, 11) is 0. The van der Waals surface area contributed by atoms with Crippen LogP contribution in [0.2, 0.25) is 0 Å². The van der Waals surface area contributed by atoms with E-state index in [1.54, 1.807) is 0 Å². The number of nitrogens with one attached hydrogen (secondary N) is 2. The van der Waals surface area contributed by atoms with Crippen LogP contribution in [0.25, 0.3) is 0 Å². The van der Waals surface area contributed by atoms with Gasteiger partial charge in [0, 0.05) is 24.7 Å². The number of hydrogen-bond donors (Lipinski definition) is 2. The molecule has 2 heterocycles. The first-order valence-corrected chi connectivity index (χ1v) is 11.1. The normalized spacial score (nSPS) is 15.4. The molecule has 1 aromatic heterocycles. The molecule has 1 atom stereocenters. The zero-order chi connectivity index (χ0) is 21.3. The highest BCUT2D eigenvalue weighted by Gasteiger charge is 2.12. The number of benzene rings is 2. The summed E-state index contributed by atoms with van der Waals surface area (Å²) >= 11 is 0. The average molecular weight is 422 g/mol. The smallest absolute Gasteiger partial charge is 0.321 e. The van der Waals surface area contributed by atoms with Crippen LogP contribution in [0, 0.1) is 5.92 Å². The van der Waals surface area contributed by atoms with Crippen molar-refractivity contribution in [3.63, 3.8) is 0 Å². The van der Waals surface area contributed by atoms with E-state index in [1.165, 1.54) is 37.9 Å². The van der Waals surface area contributed by atoms with Gasteiger partial charge in [-0.3, -0.25) is 4.90 Å². The number of hydrogen-bond acceptors (Lipinski definition) is 7. The van der Waals surface area contributed by atoms with Crippen molar-refractivity contribution < 1.29 is 9.15 Å². The highest BCUT2D eigenvalue weighted by molar-refractivity contribution is 5.51. The van der Waals surface area contributed by atoms with Crippen molar-refractivity contribution in [2.75, 3.05) is 36.9 Å². The summed E-state index contributed by atoms with van der Waals surface area (Å²) in [5, 5.41) is 14.3. The molecule has 0 saturated carbocycles. The molecule has 1 aliphatic heterocycles. The van der Waals surface area contributed by atoms with Crippen molar-refractivity contribution in [2.45, 2.75) is 32.7 Å². The van der Waals surface area contributed by atoms with Crippen molar-refractivity contribution in [1.82, 2.24) is 15.1 Å². The lowest BCUT2D eigenvalue weighted by atomic mass is 10.1. The van der Waals surface area contributed by atoms with Crippen LogP contribution >= 0.6 is 0 Å². The molecule has 1 unspecified atom stereocenters. The maximum atomic E-state index is 6.03. The number of para-hydroxylation sites is 1. The summed E-state index contributed by atoms with van der Waals surface area (Å²) in [5.74, 6) is 1.21. The summed E-state index contributed by atoms with van der Waals surface area (Å²) in [6, 6.07) is 19.0. The average Bonchev–Trinajstić information content (AvgIpc) is 3.25. The maximum Gasteiger partial charge on any atom is 0.321 e. The predicted molar refractivity (Wildman–Crippen MR) is 123 cm³/mol. The van der Waals surface area contributed by atoms with E-state index >= 15 is 0 Å². The molecule has 0 bridgehead atoms. The Morgan fingerprint density at radius 3 is 2.65 bits per heavy atom. The molecule has 3 aromatic rings. The van der Waals surface area contributed by atoms with Crippen molar-refractivity contribution >= 4 is 17.7 Å². The van der Waals surface area contributed by atoms with Crippen molar-refractivity contribution in [3.05, 3.63) is 60.2 Å². The molecule has 0 amide bonds. The molecule has 1 aliphatic rings. The minimum atomic E-state index is 0.281. The van der Waals surface area contributed by atoms with E-state index in [9.17, 15) is 0 Å². The van der Waals surface area contributed by atoms with Gasteiger partial charge in [0.05, 0.1) is 6.61 Å². The molecule has 31 heavy (non-hydrogen) atoms. The summed E-state index contributed by atoms with van der Waals surface area (Å²) in [6.07, 6.45) is 3.98. The fourth-order valence-corrected chi connectivity index (χ4v) is 3.66. The molecule has 7 heteroatoms. The molecule has 164 valence electrons. The van der Waals surface area contributed by atoms with Gasteiger partial charge in [0.2, 0.25) is 0 Å². The highest BCUT2D eigenvalue weighted by atomic mass is 16.5. The summed E-state index contributed by atoms with van der Waals surface area (Å²) in [5.41, 5.74) is 2.22. The highest BCUT2D eigenvalue weighted by Crippen LogP contribution is 2.19. The lowest BCUT2D eigenvalue weighted by molar-refractivity contribution is 0.220. The molecule has 4 rings (SSSR count). The zero-order valence-corrected chi connectivity index (χ0v) is 18.1. The van der Waals surface area contributed by atoms with E-state index in [4.69, 9.17) is 9.15 Å². The number of anilines is 3. The molecule has 7 nitrogen and oxygen atoms in total. The summed E-state index contributed by atoms with van der Waals surface area (Å²) in [4.78, 5) is 2.53. The molecule has 2 N–H and O–H groups in total. The number of ether oxygens (including phenoxy) is 1. The summed E-state index contributed by atoms with van der Waals surface area (Å²) < 4.78 is 11.6. The van der Waals surface area contributed by atoms with E-state index < -0.39 is 0 Å². The molecule has 2 aromatic carbocycles. The second kappa shape index (κ2) is 10.8. The van der Waals surface area contributed by atoms with E-state index in [0.29, 0.717) is 25.2 Å². The van der Waals surface area contributed by atoms with E-state index in [-0.39, 0.29) is 5.92 Å². The van der Waals surface area contributed by atoms with Crippen LogP contribution < -0.4 is 15.4 Å². The van der Waals surface area contributed by atoms with Gasteiger partial charge < -0.3 is 19.8 Å². The first-order chi connectivity index (χ1) is 15.2. The van der Waals surface area contributed by atoms with Gasteiger partial charge in [-0.15, -0.1) is 0 Å². The van der Waals surface area contributed by atoms with Gasteiger partial charge >= 0.3 is 12.0 Å². The number of nitrogens with zero attached hydrogens (tertiary/aromatic N) is 3. The lowest BCUT2D eigenvalue weighted by Crippen LogP contribution is -2.29. The zero-order valence-electron chi connectivity index (χ0n) is 18.1. The molecule has 0 aliphatic carbocycles. The number of likely N-dealkylation sites (tertiary alicyclic amines) is 1. The Morgan fingerprint density at radius 1 is 1.00 bits per heavy atom. The number of aromatic nitrogens is 2. The fraction of sp³-hybridized carbons (Fsp3) is 0.417. The van der Waals surface area contributed by atoms with E-state index in [2.05, 4.69) is 50.9 Å². The first kappa shape index (κ1) is 21.2. The Labute approximate surface area is 183 Å². The molecular weight excluding hydrogens is 390 g/mol. The molecule has 1 fully saturated rings. The summed E-state index contributed by atoms with van der Waals surface area (Å²) in [6.45, 7) is 6.83. The lowest BCUT2D eigenvalue weighted by Gasteiger charge is -2.26. The third kappa shape index (κ3) is 6.72. The first-order valence-electron chi connectivity index (χ1n) is 11.1. The predicted octanol–water partition coefficient (Wildman–Crippen LogP) is 4.93. The fourth-order valence-electron chi connectivity index (χ4n) is 3.66. The van der Waals surface area contributed by atoms with Crippen molar-refractivity contribution in [1.29, 1.82) is 0 Å². The second-order valence-electron chi connectivity index (χ2n) is 8.18. The van der Waals surface area contributed by atoms with E-state index in [0.717, 1.165) is 18.0 Å². The van der Waals surface area contributed by atoms with Crippen LogP contribution in [0.3, 0.4) is 0 Å². The van der Waals surface area contributed by atoms with Crippen LogP contribution in [0.1, 0.15) is 31.7 Å². The Morgan fingerprint density at radius 2 is 1.81 bits per heavy atom. The number of piperidine rings is 1. The number of rotatable bonds is 10. The van der Waals surface area contributed by atoms with Crippen molar-refractivity contribution in [3.8, 4) is 5.75 Å². The van der Waals surface area contributed by atoms with E-state index in [1.807, 2.05) is 36.4 Å². The van der Waals surface area contributed by atoms with Gasteiger partial charge in [0.15, 0.2) is 0 Å². The van der Waals surface area contributed by atoms with Gasteiger partial charge in [-0.05, 0) is 55.8 Å². The standard InChI is InChI=1S/C24H31N5O2/c1-19(16-25-23-27-28-24(31-23)26-21-10-4-2-5-11-21)18-30-22-12-8-9-20(15-22)17-29-13-6-3-7-14-29/h2,4-5,8-12,15,19H,3,6-7,13-14,16-18H2,1H3,(H,25,27)(H,26,28). The minimum absolute atomic E-state index is 0.281. The molecule has 0 spiro atoms. The second-order valence-corrected chi connectivity index (χ2v) is 8.18. The SMILES string of the molecule is CC(CNc1nnc(Nc2ccccc2)o1)COc1cccc(CN2CCCCC2)c1. The van der Waals surface area contributed by atoms with Crippen molar-refractivity contribution in [2.24, 2.45) is 5.92 Å². The van der Waals surface area contributed by atoms with Gasteiger partial charge in [-0.2, -0.15) is 0 Å². The van der Waals surface area contributed by atoms with Crippen LogP contribution in [0.4, 0.5) is 17.7 Å². The molecule has 1 saturated heterocycles. The van der Waals surface area contributed by atoms with Gasteiger partial charge in [0.1, 0.15) is 5.75 Å². The maximum absolute atomic E-state index is 6.03. The molecular formula is C24H31N5O2. The third-order valence-electron chi connectivity index (χ3n) is 5.34. The Kier molecular flexibility index (Phi) is 7.39. The quantitative estimate of drug-likeness (QED) is 0.481. The van der Waals surface area contributed by atoms with Crippen LogP contribution in [0.15, 0.2) is 59.0 Å². The van der Waals surface area contributed by atoms with Crippen LogP contribution in [-0.4, -0.2) is 41.3 Å². The van der Waals surface area contributed by atoms with Gasteiger partial charge in [-0.1, -0.05) is 53.9 Å². The van der Waals surface area contributed by atoms with Gasteiger partial charge in [-0.25, -0.2) is 0 Å². The Bertz CT molecular complexity index is 924. The Hall–Kier alpha value is -3.06. The largest absolute Gasteiger partial charge is 0.493 e. The monoisotopic (exact) mass is 421 g/mol. The Balaban J connectivity index is 1.20. The molecule has 0 radical (unpaired) electrons. The third-order valence-corrected chi connectivity index (χ3v) is 5.34. The van der Waals surface area contributed by atoms with Crippen LogP contribution in [-0.2, 0) is 6.54 Å². The topological polar surface area (TPSA) is 75.5 Å². The van der Waals surface area contributed by atoms with Gasteiger partial charge in [0.25, 0.3) is 0 Å². The van der Waals surface area contributed by atoms with Crippen LogP contribution in [0.5, 0.6) is 5.75 Å².